The van der Waals surface area contributed by atoms with Crippen LogP contribution in [0.5, 0.6) is 0 Å². The Morgan fingerprint density at radius 1 is 1.05 bits per heavy atom. The number of hydrogen-bond donors (Lipinski definition) is 1. The second-order valence-corrected chi connectivity index (χ2v) is 6.84. The van der Waals surface area contributed by atoms with E-state index in [2.05, 4.69) is 16.9 Å². The largest absolute Gasteiger partial charge is 0.283 e. The molecule has 0 saturated carbocycles. The average Bonchev–Trinajstić information content (AvgIpc) is 2.75. The molecular weight excluding hydrogens is 282 g/mol. The van der Waals surface area contributed by atoms with Crippen LogP contribution in [0, 0.1) is 0 Å². The van der Waals surface area contributed by atoms with Gasteiger partial charge in [-0.2, -0.15) is 0 Å². The Kier molecular flexibility index (Phi) is 2.99. The summed E-state index contributed by atoms with van der Waals surface area (Å²) in [5.74, 6) is 0. The minimum atomic E-state index is -3.44. The Morgan fingerprint density at radius 3 is 2.58 bits per heavy atom. The summed E-state index contributed by atoms with van der Waals surface area (Å²) in [5.41, 5.74) is 5.37. The van der Waals surface area contributed by atoms with Crippen LogP contribution in [-0.4, -0.2) is 13.6 Å². The monoisotopic (exact) mass is 293 g/mol. The SMILES string of the molecule is O=S(=O)(CCl)Nc1ccc2c(c1)Cc1ccccc1-2. The zero-order valence-electron chi connectivity index (χ0n) is 10.1. The Bertz CT molecular complexity index is 741. The van der Waals surface area contributed by atoms with Crippen LogP contribution >= 0.6 is 11.6 Å². The van der Waals surface area contributed by atoms with Gasteiger partial charge in [0.15, 0.2) is 0 Å². The molecule has 0 aliphatic heterocycles. The first-order chi connectivity index (χ1) is 9.09. The number of hydrogen-bond acceptors (Lipinski definition) is 2. The molecule has 1 aliphatic carbocycles. The van der Waals surface area contributed by atoms with E-state index in [4.69, 9.17) is 11.6 Å². The molecule has 5 heteroatoms. The summed E-state index contributed by atoms with van der Waals surface area (Å²) < 4.78 is 25.4. The van der Waals surface area contributed by atoms with Crippen molar-refractivity contribution in [3.05, 3.63) is 53.6 Å². The van der Waals surface area contributed by atoms with E-state index in [1.165, 1.54) is 16.7 Å². The molecule has 0 fully saturated rings. The maximum Gasteiger partial charge on any atom is 0.246 e. The fourth-order valence-electron chi connectivity index (χ4n) is 2.42. The lowest BCUT2D eigenvalue weighted by Crippen LogP contribution is -2.13. The molecule has 1 N–H and O–H groups in total. The van der Waals surface area contributed by atoms with Gasteiger partial charge in [-0.25, -0.2) is 8.42 Å². The van der Waals surface area contributed by atoms with E-state index in [-0.39, 0.29) is 0 Å². The van der Waals surface area contributed by atoms with Crippen LogP contribution in [0.3, 0.4) is 0 Å². The van der Waals surface area contributed by atoms with Crippen LogP contribution in [0.15, 0.2) is 42.5 Å². The zero-order chi connectivity index (χ0) is 13.5. The Hall–Kier alpha value is -1.52. The molecule has 0 saturated heterocycles. The van der Waals surface area contributed by atoms with Crippen molar-refractivity contribution in [3.8, 4) is 11.1 Å². The summed E-state index contributed by atoms with van der Waals surface area (Å²) in [5, 5.41) is -0.440. The summed E-state index contributed by atoms with van der Waals surface area (Å²) in [6.07, 6.45) is 0.835. The van der Waals surface area contributed by atoms with Crippen molar-refractivity contribution in [2.75, 3.05) is 9.93 Å². The van der Waals surface area contributed by atoms with Gasteiger partial charge in [0.05, 0.1) is 0 Å². The van der Waals surface area contributed by atoms with Gasteiger partial charge in [-0.15, -0.1) is 11.6 Å². The van der Waals surface area contributed by atoms with E-state index < -0.39 is 15.2 Å². The number of halogens is 1. The molecule has 0 radical (unpaired) electrons. The number of rotatable bonds is 3. The molecule has 0 amide bonds. The highest BCUT2D eigenvalue weighted by atomic mass is 35.5. The highest BCUT2D eigenvalue weighted by molar-refractivity contribution is 7.93. The molecule has 0 unspecified atom stereocenters. The summed E-state index contributed by atoms with van der Waals surface area (Å²) in [4.78, 5) is 0. The van der Waals surface area contributed by atoms with E-state index in [1.54, 1.807) is 6.07 Å². The van der Waals surface area contributed by atoms with Crippen LogP contribution < -0.4 is 4.72 Å². The first kappa shape index (κ1) is 12.5. The Balaban J connectivity index is 1.98. The molecule has 2 aromatic carbocycles. The lowest BCUT2D eigenvalue weighted by molar-refractivity contribution is 0.605. The fraction of sp³-hybridized carbons (Fsp3) is 0.143. The van der Waals surface area contributed by atoms with Crippen LogP contribution in [0.1, 0.15) is 11.1 Å². The first-order valence-electron chi connectivity index (χ1n) is 5.87. The topological polar surface area (TPSA) is 46.2 Å². The predicted molar refractivity (Wildman–Crippen MR) is 77.9 cm³/mol. The van der Waals surface area contributed by atoms with Gasteiger partial charge in [0.1, 0.15) is 5.21 Å². The maximum absolute atomic E-state index is 11.4. The lowest BCUT2D eigenvalue weighted by atomic mass is 10.1. The molecule has 0 aromatic heterocycles. The van der Waals surface area contributed by atoms with Crippen LogP contribution in [0.25, 0.3) is 11.1 Å². The second-order valence-electron chi connectivity index (χ2n) is 4.53. The number of anilines is 1. The van der Waals surface area contributed by atoms with E-state index in [0.717, 1.165) is 12.0 Å². The molecule has 2 aromatic rings. The number of alkyl halides is 1. The fourth-order valence-corrected chi connectivity index (χ4v) is 3.12. The standard InChI is InChI=1S/C14H12ClNO2S/c15-9-19(17,18)16-12-5-6-14-11(8-12)7-10-3-1-2-4-13(10)14/h1-6,8,16H,7,9H2. The smallest absolute Gasteiger partial charge is 0.246 e. The molecule has 3 rings (SSSR count). The van der Waals surface area contributed by atoms with Gasteiger partial charge in [-0.3, -0.25) is 4.72 Å². The number of fused-ring (bicyclic) bond motifs is 3. The minimum absolute atomic E-state index is 0.440. The van der Waals surface area contributed by atoms with Crippen molar-refractivity contribution in [1.82, 2.24) is 0 Å². The highest BCUT2D eigenvalue weighted by Gasteiger charge is 2.18. The first-order valence-corrected chi connectivity index (χ1v) is 8.05. The van der Waals surface area contributed by atoms with Crippen molar-refractivity contribution < 1.29 is 8.42 Å². The molecule has 0 atom stereocenters. The molecule has 1 aliphatic rings. The Labute approximate surface area is 117 Å². The van der Waals surface area contributed by atoms with Crippen molar-refractivity contribution in [1.29, 1.82) is 0 Å². The zero-order valence-corrected chi connectivity index (χ0v) is 11.6. The van der Waals surface area contributed by atoms with Gasteiger partial charge in [-0.05, 0) is 40.8 Å². The molecule has 3 nitrogen and oxygen atoms in total. The molecule has 0 heterocycles. The number of benzene rings is 2. The molecule has 19 heavy (non-hydrogen) atoms. The van der Waals surface area contributed by atoms with E-state index in [0.29, 0.717) is 5.69 Å². The third-order valence-corrected chi connectivity index (χ3v) is 4.91. The van der Waals surface area contributed by atoms with Crippen LogP contribution in [0.4, 0.5) is 5.69 Å². The molecule has 0 bridgehead atoms. The third-order valence-electron chi connectivity index (χ3n) is 3.21. The van der Waals surface area contributed by atoms with Crippen LogP contribution in [0.2, 0.25) is 0 Å². The van der Waals surface area contributed by atoms with Crippen molar-refractivity contribution >= 4 is 27.3 Å². The lowest BCUT2D eigenvalue weighted by Gasteiger charge is -2.07. The maximum atomic E-state index is 11.4. The van der Waals surface area contributed by atoms with Gasteiger partial charge in [0.2, 0.25) is 10.0 Å². The quantitative estimate of drug-likeness (QED) is 0.754. The summed E-state index contributed by atoms with van der Waals surface area (Å²) >= 11 is 5.38. The van der Waals surface area contributed by atoms with E-state index in [1.807, 2.05) is 24.3 Å². The summed E-state index contributed by atoms with van der Waals surface area (Å²) in [6.45, 7) is 0. The van der Waals surface area contributed by atoms with Crippen molar-refractivity contribution in [2.45, 2.75) is 6.42 Å². The van der Waals surface area contributed by atoms with E-state index in [9.17, 15) is 8.42 Å². The average molecular weight is 294 g/mol. The van der Waals surface area contributed by atoms with Gasteiger partial charge in [0, 0.05) is 5.69 Å². The van der Waals surface area contributed by atoms with Gasteiger partial charge >= 0.3 is 0 Å². The normalized spacial score (nSPS) is 12.9. The highest BCUT2D eigenvalue weighted by Crippen LogP contribution is 2.37. The second kappa shape index (κ2) is 4.54. The predicted octanol–water partition coefficient (Wildman–Crippen LogP) is 3.20. The van der Waals surface area contributed by atoms with Gasteiger partial charge < -0.3 is 0 Å². The van der Waals surface area contributed by atoms with E-state index >= 15 is 0 Å². The number of sulfonamides is 1. The Morgan fingerprint density at radius 2 is 1.79 bits per heavy atom. The number of nitrogens with one attached hydrogen (secondary N) is 1. The van der Waals surface area contributed by atoms with Gasteiger partial charge in [0.25, 0.3) is 0 Å². The third kappa shape index (κ3) is 2.33. The molecular formula is C14H12ClNO2S. The van der Waals surface area contributed by atoms with Crippen molar-refractivity contribution in [3.63, 3.8) is 0 Å². The molecule has 0 spiro atoms. The van der Waals surface area contributed by atoms with Gasteiger partial charge in [-0.1, -0.05) is 30.3 Å². The van der Waals surface area contributed by atoms with Crippen molar-refractivity contribution in [2.24, 2.45) is 0 Å². The minimum Gasteiger partial charge on any atom is -0.283 e. The molecule has 98 valence electrons. The van der Waals surface area contributed by atoms with Crippen LogP contribution in [-0.2, 0) is 16.4 Å². The summed E-state index contributed by atoms with van der Waals surface area (Å²) in [6, 6.07) is 13.8. The summed E-state index contributed by atoms with van der Waals surface area (Å²) in [7, 11) is -3.44.